The van der Waals surface area contributed by atoms with Gasteiger partial charge in [0.2, 0.25) is 5.70 Å². The molecule has 0 unspecified atom stereocenters. The Bertz CT molecular complexity index is 833. The van der Waals surface area contributed by atoms with E-state index in [4.69, 9.17) is 9.47 Å². The highest BCUT2D eigenvalue weighted by atomic mass is 16.5. The molecule has 0 fully saturated rings. The van der Waals surface area contributed by atoms with Crippen molar-refractivity contribution in [3.8, 4) is 11.5 Å². The second-order valence-corrected chi connectivity index (χ2v) is 5.39. The van der Waals surface area contributed by atoms with Gasteiger partial charge in [-0.15, -0.1) is 4.91 Å². The van der Waals surface area contributed by atoms with Crippen LogP contribution in [0.15, 0.2) is 65.2 Å². The maximum Gasteiger partial charge on any atom is 0.284 e. The van der Waals surface area contributed by atoms with E-state index in [2.05, 4.69) is 5.18 Å². The number of anilines is 1. The van der Waals surface area contributed by atoms with Gasteiger partial charge in [-0.05, 0) is 22.9 Å². The zero-order valence-corrected chi connectivity index (χ0v) is 13.5. The number of hydrogen-bond donors (Lipinski definition) is 1. The number of ether oxygens (including phenoxy) is 2. The second kappa shape index (κ2) is 7.04. The summed E-state index contributed by atoms with van der Waals surface area (Å²) in [5, 5.41) is 12.2. The molecule has 1 heterocycles. The van der Waals surface area contributed by atoms with Crippen molar-refractivity contribution in [3.63, 3.8) is 0 Å². The number of methoxy groups -OCH3 is 1. The number of benzene rings is 2. The highest BCUT2D eigenvalue weighted by Gasteiger charge is 2.33. The molecule has 2 aromatic rings. The van der Waals surface area contributed by atoms with Gasteiger partial charge < -0.3 is 14.6 Å². The van der Waals surface area contributed by atoms with Crippen LogP contribution in [0.1, 0.15) is 5.56 Å². The second-order valence-electron chi connectivity index (χ2n) is 5.39. The van der Waals surface area contributed by atoms with Gasteiger partial charge in [0, 0.05) is 11.8 Å². The number of carbonyl (C=O) groups is 1. The lowest BCUT2D eigenvalue weighted by molar-refractivity contribution is -0.114. The van der Waals surface area contributed by atoms with Gasteiger partial charge >= 0.3 is 0 Å². The Labute approximate surface area is 144 Å². The van der Waals surface area contributed by atoms with Crippen molar-refractivity contribution in [1.82, 2.24) is 0 Å². The molecule has 0 saturated carbocycles. The Kier molecular flexibility index (Phi) is 4.65. The normalized spacial score (nSPS) is 14.0. The van der Waals surface area contributed by atoms with Crippen LogP contribution in [0.5, 0.6) is 11.5 Å². The molecule has 7 heteroatoms. The first-order chi connectivity index (χ1) is 12.1. The van der Waals surface area contributed by atoms with E-state index < -0.39 is 11.6 Å². The van der Waals surface area contributed by atoms with E-state index in [0.29, 0.717) is 23.8 Å². The Balaban J connectivity index is 1.78. The Morgan fingerprint density at radius 3 is 2.56 bits per heavy atom. The van der Waals surface area contributed by atoms with Gasteiger partial charge in [-0.3, -0.25) is 9.69 Å². The van der Waals surface area contributed by atoms with Gasteiger partial charge in [-0.2, -0.15) is 0 Å². The van der Waals surface area contributed by atoms with Crippen molar-refractivity contribution in [1.29, 1.82) is 0 Å². The lowest BCUT2D eigenvalue weighted by Crippen LogP contribution is -2.26. The molecule has 0 atom stereocenters. The number of rotatable bonds is 6. The monoisotopic (exact) mass is 340 g/mol. The molecular weight excluding hydrogens is 324 g/mol. The van der Waals surface area contributed by atoms with Crippen LogP contribution in [0.25, 0.3) is 0 Å². The highest BCUT2D eigenvalue weighted by Crippen LogP contribution is 2.34. The molecule has 0 saturated heterocycles. The van der Waals surface area contributed by atoms with Crippen molar-refractivity contribution in [2.45, 2.75) is 6.61 Å². The Morgan fingerprint density at radius 1 is 1.16 bits per heavy atom. The standard InChI is InChI=1S/C18H16N2O5/c1-24-16-9-13(20-10-14(21)17(19-23)18(20)22)7-8-15(16)25-11-12-5-3-2-4-6-12/h2-9,21H,10-11H2,1H3. The molecule has 1 N–H and O–H groups in total. The van der Waals surface area contributed by atoms with Crippen LogP contribution in [0.4, 0.5) is 5.69 Å². The predicted octanol–water partition coefficient (Wildman–Crippen LogP) is 3.16. The van der Waals surface area contributed by atoms with E-state index in [1.165, 1.54) is 12.0 Å². The zero-order valence-electron chi connectivity index (χ0n) is 13.5. The van der Waals surface area contributed by atoms with E-state index in [9.17, 15) is 14.8 Å². The summed E-state index contributed by atoms with van der Waals surface area (Å²) in [6.07, 6.45) is 0. The van der Waals surface area contributed by atoms with Crippen LogP contribution in [0.3, 0.4) is 0 Å². The smallest absolute Gasteiger partial charge is 0.284 e. The molecule has 2 aromatic carbocycles. The number of nitrogens with zero attached hydrogens (tertiary/aromatic N) is 2. The van der Waals surface area contributed by atoms with Crippen molar-refractivity contribution in [2.24, 2.45) is 5.18 Å². The average Bonchev–Trinajstić information content (AvgIpc) is 2.94. The summed E-state index contributed by atoms with van der Waals surface area (Å²) in [4.78, 5) is 24.0. The lowest BCUT2D eigenvalue weighted by Gasteiger charge is -2.18. The van der Waals surface area contributed by atoms with E-state index in [1.54, 1.807) is 18.2 Å². The summed E-state index contributed by atoms with van der Waals surface area (Å²) in [5.41, 5.74) is 1.02. The number of carbonyl (C=O) groups excluding carboxylic acids is 1. The number of aliphatic hydroxyl groups is 1. The number of hydrogen-bond acceptors (Lipinski definition) is 6. The molecule has 128 valence electrons. The summed E-state index contributed by atoms with van der Waals surface area (Å²) in [7, 11) is 1.49. The molecular formula is C18H16N2O5. The zero-order chi connectivity index (χ0) is 17.8. The largest absolute Gasteiger partial charge is 0.508 e. The van der Waals surface area contributed by atoms with Crippen LogP contribution >= 0.6 is 0 Å². The molecule has 0 aliphatic carbocycles. The summed E-state index contributed by atoms with van der Waals surface area (Å²) in [5.74, 6) is -0.0308. The summed E-state index contributed by atoms with van der Waals surface area (Å²) >= 11 is 0. The SMILES string of the molecule is COc1cc(N2CC(O)=C(N=O)C2=O)ccc1OCc1ccccc1. The van der Waals surface area contributed by atoms with Crippen molar-refractivity contribution < 1.29 is 19.4 Å². The molecule has 25 heavy (non-hydrogen) atoms. The molecule has 0 aromatic heterocycles. The first-order valence-electron chi connectivity index (χ1n) is 7.56. The third-order valence-corrected chi connectivity index (χ3v) is 3.82. The van der Waals surface area contributed by atoms with Gasteiger partial charge in [0.15, 0.2) is 11.5 Å². The quantitative estimate of drug-likeness (QED) is 0.816. The van der Waals surface area contributed by atoms with E-state index in [-0.39, 0.29) is 12.3 Å². The molecule has 0 spiro atoms. The van der Waals surface area contributed by atoms with Crippen LogP contribution in [-0.2, 0) is 11.4 Å². The first-order valence-corrected chi connectivity index (χ1v) is 7.56. The number of nitroso groups, excluding NO2 is 1. The van der Waals surface area contributed by atoms with E-state index in [0.717, 1.165) is 5.56 Å². The van der Waals surface area contributed by atoms with Crippen LogP contribution in [-0.4, -0.2) is 24.7 Å². The minimum Gasteiger partial charge on any atom is -0.508 e. The van der Waals surface area contributed by atoms with Gasteiger partial charge in [-0.25, -0.2) is 0 Å². The highest BCUT2D eigenvalue weighted by molar-refractivity contribution is 6.08. The maximum absolute atomic E-state index is 12.1. The fourth-order valence-electron chi connectivity index (χ4n) is 2.53. The Morgan fingerprint density at radius 2 is 1.92 bits per heavy atom. The van der Waals surface area contributed by atoms with Gasteiger partial charge in [0.25, 0.3) is 5.91 Å². The van der Waals surface area contributed by atoms with Crippen LogP contribution < -0.4 is 14.4 Å². The van der Waals surface area contributed by atoms with Crippen LogP contribution in [0.2, 0.25) is 0 Å². The van der Waals surface area contributed by atoms with Gasteiger partial charge in [-0.1, -0.05) is 30.3 Å². The van der Waals surface area contributed by atoms with E-state index in [1.807, 2.05) is 30.3 Å². The van der Waals surface area contributed by atoms with Crippen molar-refractivity contribution in [3.05, 3.63) is 70.5 Å². The number of aliphatic hydroxyl groups excluding tert-OH is 1. The molecule has 7 nitrogen and oxygen atoms in total. The summed E-state index contributed by atoms with van der Waals surface area (Å²) < 4.78 is 11.1. The topological polar surface area (TPSA) is 88.4 Å². The lowest BCUT2D eigenvalue weighted by atomic mass is 10.2. The first kappa shape index (κ1) is 16.5. The van der Waals surface area contributed by atoms with Gasteiger partial charge in [0.05, 0.1) is 13.7 Å². The number of amides is 1. The molecule has 0 bridgehead atoms. The van der Waals surface area contributed by atoms with E-state index >= 15 is 0 Å². The maximum atomic E-state index is 12.1. The minimum absolute atomic E-state index is 0.104. The molecule has 0 radical (unpaired) electrons. The third-order valence-electron chi connectivity index (χ3n) is 3.82. The van der Waals surface area contributed by atoms with Crippen molar-refractivity contribution in [2.75, 3.05) is 18.6 Å². The molecule has 1 aliphatic rings. The molecule has 3 rings (SSSR count). The van der Waals surface area contributed by atoms with Crippen molar-refractivity contribution >= 4 is 11.6 Å². The predicted molar refractivity (Wildman–Crippen MR) is 91.6 cm³/mol. The minimum atomic E-state index is -0.646. The van der Waals surface area contributed by atoms with Crippen LogP contribution in [0, 0.1) is 4.91 Å². The Hall–Kier alpha value is -3.35. The summed E-state index contributed by atoms with van der Waals surface area (Å²) in [6.45, 7) is 0.272. The molecule has 1 aliphatic heterocycles. The third kappa shape index (κ3) is 3.30. The summed E-state index contributed by atoms with van der Waals surface area (Å²) in [6, 6.07) is 14.6. The average molecular weight is 340 g/mol. The fraction of sp³-hybridized carbons (Fsp3) is 0.167. The molecule has 1 amide bonds. The fourth-order valence-corrected chi connectivity index (χ4v) is 2.53. The van der Waals surface area contributed by atoms with Gasteiger partial charge in [0.1, 0.15) is 12.4 Å².